The lowest BCUT2D eigenvalue weighted by atomic mass is 10.2. The van der Waals surface area contributed by atoms with E-state index < -0.39 is 0 Å². The van der Waals surface area contributed by atoms with Crippen molar-refractivity contribution in [2.75, 3.05) is 58.8 Å². The van der Waals surface area contributed by atoms with Gasteiger partial charge in [0.25, 0.3) is 0 Å². The highest BCUT2D eigenvalue weighted by Crippen LogP contribution is 2.21. The summed E-state index contributed by atoms with van der Waals surface area (Å²) in [6.07, 6.45) is 4.20. The molecule has 0 bridgehead atoms. The molecule has 3 rings (SSSR count). The normalized spacial score (nSPS) is 22.4. The summed E-state index contributed by atoms with van der Waals surface area (Å²) >= 11 is 0. The van der Waals surface area contributed by atoms with Crippen molar-refractivity contribution >= 4 is 17.6 Å². The second-order valence-electron chi connectivity index (χ2n) is 8.69. The lowest BCUT2D eigenvalue weighted by molar-refractivity contribution is -0.133. The molecule has 1 aromatic carbocycles. The Morgan fingerprint density at radius 1 is 1.20 bits per heavy atom. The van der Waals surface area contributed by atoms with Crippen molar-refractivity contribution in [1.29, 1.82) is 0 Å². The van der Waals surface area contributed by atoms with Crippen molar-refractivity contribution in [2.24, 2.45) is 4.99 Å². The zero-order valence-electron chi connectivity index (χ0n) is 19.0. The lowest BCUT2D eigenvalue weighted by Gasteiger charge is -2.26. The van der Waals surface area contributed by atoms with Crippen molar-refractivity contribution < 1.29 is 4.79 Å². The van der Waals surface area contributed by atoms with Crippen LogP contribution < -0.4 is 15.5 Å². The van der Waals surface area contributed by atoms with Gasteiger partial charge >= 0.3 is 0 Å². The first-order valence-electron chi connectivity index (χ1n) is 11.2. The Morgan fingerprint density at radius 2 is 1.97 bits per heavy atom. The topological polar surface area (TPSA) is 63.2 Å². The molecule has 2 aliphatic heterocycles. The van der Waals surface area contributed by atoms with Crippen LogP contribution in [0.4, 0.5) is 5.69 Å². The van der Waals surface area contributed by atoms with Crippen molar-refractivity contribution in [1.82, 2.24) is 20.4 Å². The molecule has 0 aromatic heterocycles. The molecule has 1 amide bonds. The number of carbonyl (C=O) groups excluding carboxylic acids is 1. The number of likely N-dealkylation sites (tertiary alicyclic amines) is 1. The minimum Gasteiger partial charge on any atom is -0.369 e. The maximum absolute atomic E-state index is 12.3. The minimum absolute atomic E-state index is 0.0590. The van der Waals surface area contributed by atoms with Gasteiger partial charge < -0.3 is 20.4 Å². The highest BCUT2D eigenvalue weighted by atomic mass is 16.2. The quantitative estimate of drug-likeness (QED) is 0.404. The van der Waals surface area contributed by atoms with Crippen LogP contribution >= 0.6 is 0 Å². The maximum Gasteiger partial charge on any atom is 0.239 e. The zero-order valence-corrected chi connectivity index (χ0v) is 19.0. The fourth-order valence-electron chi connectivity index (χ4n) is 4.42. The number of rotatable bonds is 7. The summed E-state index contributed by atoms with van der Waals surface area (Å²) in [6.45, 7) is 7.00. The van der Waals surface area contributed by atoms with E-state index in [0.717, 1.165) is 64.4 Å². The molecule has 1 aromatic rings. The van der Waals surface area contributed by atoms with Gasteiger partial charge in [-0.05, 0) is 51.3 Å². The predicted molar refractivity (Wildman–Crippen MR) is 124 cm³/mol. The molecule has 2 fully saturated rings. The first-order valence-corrected chi connectivity index (χ1v) is 11.2. The first kappa shape index (κ1) is 22.4. The van der Waals surface area contributed by atoms with Gasteiger partial charge in [-0.15, -0.1) is 0 Å². The Kier molecular flexibility index (Phi) is 7.96. The van der Waals surface area contributed by atoms with Crippen LogP contribution in [-0.2, 0) is 4.79 Å². The van der Waals surface area contributed by atoms with E-state index in [4.69, 9.17) is 0 Å². The number of aryl methyl sites for hydroxylation is 1. The highest BCUT2D eigenvalue weighted by molar-refractivity contribution is 5.81. The molecule has 2 atom stereocenters. The van der Waals surface area contributed by atoms with E-state index in [-0.39, 0.29) is 11.9 Å². The molecular weight excluding hydrogens is 376 g/mol. The predicted octanol–water partition coefficient (Wildman–Crippen LogP) is 1.68. The van der Waals surface area contributed by atoms with Crippen LogP contribution in [0.1, 0.15) is 31.2 Å². The summed E-state index contributed by atoms with van der Waals surface area (Å²) in [5.74, 6) is 1.10. The summed E-state index contributed by atoms with van der Waals surface area (Å²) in [5.41, 5.74) is 2.59. The third kappa shape index (κ3) is 5.88. The van der Waals surface area contributed by atoms with Crippen LogP contribution in [0.3, 0.4) is 0 Å². The Balaban J connectivity index is 1.38. The molecule has 2 N–H and O–H groups in total. The van der Waals surface area contributed by atoms with Crippen LogP contribution in [0, 0.1) is 6.92 Å². The van der Waals surface area contributed by atoms with E-state index in [1.54, 1.807) is 4.90 Å². The minimum atomic E-state index is 0.0590. The number of nitrogens with one attached hydrogen (secondary N) is 2. The number of benzene rings is 1. The van der Waals surface area contributed by atoms with Crippen LogP contribution in [0.2, 0.25) is 0 Å². The van der Waals surface area contributed by atoms with Crippen molar-refractivity contribution in [3.63, 3.8) is 0 Å². The van der Waals surface area contributed by atoms with Gasteiger partial charge in [0.05, 0.1) is 6.04 Å². The molecule has 0 radical (unpaired) electrons. The second-order valence-corrected chi connectivity index (χ2v) is 8.69. The van der Waals surface area contributed by atoms with Crippen molar-refractivity contribution in [2.45, 2.75) is 44.7 Å². The number of likely N-dealkylation sites (N-methyl/N-ethyl adjacent to an activating group) is 1. The maximum atomic E-state index is 12.3. The Bertz CT molecular complexity index is 717. The fraction of sp³-hybridized carbons (Fsp3) is 0.652. The number of anilines is 1. The summed E-state index contributed by atoms with van der Waals surface area (Å²) in [6, 6.07) is 9.22. The summed E-state index contributed by atoms with van der Waals surface area (Å²) in [7, 11) is 5.52. The number of guanidine groups is 1. The fourth-order valence-corrected chi connectivity index (χ4v) is 4.42. The molecule has 0 saturated carbocycles. The van der Waals surface area contributed by atoms with Gasteiger partial charge in [0.15, 0.2) is 5.96 Å². The molecule has 2 saturated heterocycles. The van der Waals surface area contributed by atoms with E-state index in [0.29, 0.717) is 6.04 Å². The van der Waals surface area contributed by atoms with E-state index in [1.807, 2.05) is 21.1 Å². The van der Waals surface area contributed by atoms with Gasteiger partial charge in [-0.1, -0.05) is 17.7 Å². The number of aliphatic imine (C=N–C) groups is 1. The Hall–Kier alpha value is -2.28. The number of hydrogen-bond donors (Lipinski definition) is 2. The van der Waals surface area contributed by atoms with Gasteiger partial charge in [-0.2, -0.15) is 0 Å². The standard InChI is InChI=1S/C23H38N6O/c1-18-8-10-20(11-9-18)29-16-12-19(17-29)26-23(24-2)25-13-6-15-28-14-5-7-21(28)22(30)27(3)4/h8-11,19,21H,5-7,12-17H2,1-4H3,(H2,24,25,26). The SMILES string of the molecule is CN=C(NCCCN1CCCC1C(=O)N(C)C)NC1CCN(c2ccc(C)cc2)C1. The summed E-state index contributed by atoms with van der Waals surface area (Å²) in [5, 5.41) is 7.02. The van der Waals surface area contributed by atoms with Crippen LogP contribution in [0.15, 0.2) is 29.3 Å². The molecule has 0 aliphatic carbocycles. The number of nitrogens with zero attached hydrogens (tertiary/aromatic N) is 4. The van der Waals surface area contributed by atoms with E-state index >= 15 is 0 Å². The van der Waals surface area contributed by atoms with Gasteiger partial charge in [-0.3, -0.25) is 14.7 Å². The van der Waals surface area contributed by atoms with Crippen molar-refractivity contribution in [3.05, 3.63) is 29.8 Å². The summed E-state index contributed by atoms with van der Waals surface area (Å²) < 4.78 is 0. The highest BCUT2D eigenvalue weighted by Gasteiger charge is 2.31. The van der Waals surface area contributed by atoms with E-state index in [9.17, 15) is 4.79 Å². The van der Waals surface area contributed by atoms with Gasteiger partial charge in [-0.25, -0.2) is 0 Å². The molecule has 2 unspecified atom stereocenters. The molecular formula is C23H38N6O. The number of hydrogen-bond acceptors (Lipinski definition) is 4. The monoisotopic (exact) mass is 414 g/mol. The third-order valence-electron chi connectivity index (χ3n) is 6.16. The molecule has 2 heterocycles. The molecule has 7 heteroatoms. The average molecular weight is 415 g/mol. The first-order chi connectivity index (χ1) is 14.5. The Morgan fingerprint density at radius 3 is 2.67 bits per heavy atom. The number of amides is 1. The zero-order chi connectivity index (χ0) is 21.5. The summed E-state index contributed by atoms with van der Waals surface area (Å²) in [4.78, 5) is 23.2. The van der Waals surface area contributed by atoms with Crippen molar-refractivity contribution in [3.8, 4) is 0 Å². The largest absolute Gasteiger partial charge is 0.369 e. The molecule has 7 nitrogen and oxygen atoms in total. The van der Waals surface area contributed by atoms with E-state index in [2.05, 4.69) is 56.6 Å². The van der Waals surface area contributed by atoms with Crippen LogP contribution in [0.25, 0.3) is 0 Å². The van der Waals surface area contributed by atoms with Gasteiger partial charge in [0, 0.05) is 59.1 Å². The molecule has 2 aliphatic rings. The van der Waals surface area contributed by atoms with Crippen LogP contribution in [0.5, 0.6) is 0 Å². The van der Waals surface area contributed by atoms with Gasteiger partial charge in [0.1, 0.15) is 0 Å². The number of carbonyl (C=O) groups is 1. The van der Waals surface area contributed by atoms with E-state index in [1.165, 1.54) is 11.3 Å². The second kappa shape index (κ2) is 10.7. The smallest absolute Gasteiger partial charge is 0.239 e. The lowest BCUT2D eigenvalue weighted by Crippen LogP contribution is -2.46. The molecule has 0 spiro atoms. The average Bonchev–Trinajstić information content (AvgIpc) is 3.39. The molecule has 30 heavy (non-hydrogen) atoms. The molecule has 166 valence electrons. The third-order valence-corrected chi connectivity index (χ3v) is 6.16. The van der Waals surface area contributed by atoms with Crippen LogP contribution in [-0.4, -0.2) is 87.6 Å². The van der Waals surface area contributed by atoms with Gasteiger partial charge in [0.2, 0.25) is 5.91 Å². The Labute approximate surface area is 181 Å².